The molecule has 0 unspecified atom stereocenters. The minimum atomic E-state index is 0. The highest BCUT2D eigenvalue weighted by atomic mass is 127. The average Bonchev–Trinajstić information content (AvgIpc) is 2.53. The molecule has 0 saturated heterocycles. The topological polar surface area (TPSA) is 22.3 Å². The Labute approximate surface area is 155 Å². The molecular formula is C19H20INO2. The number of halogens is 1. The fourth-order valence-electron chi connectivity index (χ4n) is 2.03. The van der Waals surface area contributed by atoms with Gasteiger partial charge in [-0.25, -0.2) is 4.57 Å². The van der Waals surface area contributed by atoms with Gasteiger partial charge in [0, 0.05) is 18.2 Å². The highest BCUT2D eigenvalue weighted by Gasteiger charge is 2.06. The molecule has 120 valence electrons. The number of aromatic nitrogens is 1. The van der Waals surface area contributed by atoms with E-state index < -0.39 is 0 Å². The molecule has 0 aliphatic carbocycles. The molecule has 2 aromatic rings. The van der Waals surface area contributed by atoms with Crippen LogP contribution in [0.25, 0.3) is 12.2 Å². The Kier molecular flexibility index (Phi) is 8.20. The number of pyridine rings is 1. The van der Waals surface area contributed by atoms with Crippen LogP contribution in [0.5, 0.6) is 11.5 Å². The van der Waals surface area contributed by atoms with E-state index >= 15 is 0 Å². The number of hydrogen-bond donors (Lipinski definition) is 0. The first kappa shape index (κ1) is 19.0. The normalized spacial score (nSPS) is 9.96. The third-order valence-corrected chi connectivity index (χ3v) is 3.12. The summed E-state index contributed by atoms with van der Waals surface area (Å²) in [4.78, 5) is 0. The van der Waals surface area contributed by atoms with Crippen molar-refractivity contribution in [3.63, 3.8) is 0 Å². The van der Waals surface area contributed by atoms with Gasteiger partial charge in [0.15, 0.2) is 17.7 Å². The maximum Gasteiger partial charge on any atom is 0.204 e. The summed E-state index contributed by atoms with van der Waals surface area (Å²) >= 11 is 0. The molecule has 0 amide bonds. The van der Waals surface area contributed by atoms with Crippen LogP contribution < -0.4 is 38.0 Å². The van der Waals surface area contributed by atoms with E-state index in [9.17, 15) is 0 Å². The molecule has 0 N–H and O–H groups in total. The number of aryl methyl sites for hydroxylation is 1. The fourth-order valence-corrected chi connectivity index (χ4v) is 2.03. The van der Waals surface area contributed by atoms with Crippen LogP contribution in [0.2, 0.25) is 0 Å². The Bertz CT molecular complexity index is 705. The molecule has 0 radical (unpaired) electrons. The zero-order valence-corrected chi connectivity index (χ0v) is 15.5. The first-order chi connectivity index (χ1) is 10.7. The highest BCUT2D eigenvalue weighted by molar-refractivity contribution is 5.68. The van der Waals surface area contributed by atoms with Gasteiger partial charge in [-0.05, 0) is 36.8 Å². The molecule has 0 aliphatic heterocycles. The lowest BCUT2D eigenvalue weighted by Gasteiger charge is -2.10. The fraction of sp³-hybridized carbons (Fsp3) is 0.211. The van der Waals surface area contributed by atoms with Gasteiger partial charge in [0.25, 0.3) is 0 Å². The number of ether oxygens (including phenoxy) is 2. The monoisotopic (exact) mass is 421 g/mol. The molecule has 0 bridgehead atoms. The van der Waals surface area contributed by atoms with E-state index in [0.29, 0.717) is 18.1 Å². The molecule has 2 rings (SSSR count). The summed E-state index contributed by atoms with van der Waals surface area (Å²) in [5.74, 6) is 3.83. The maximum atomic E-state index is 5.62. The number of nitrogens with zero attached hydrogens (tertiary/aromatic N) is 1. The van der Waals surface area contributed by atoms with Gasteiger partial charge >= 0.3 is 0 Å². The Balaban J connectivity index is 0.00000264. The molecule has 0 fully saturated rings. The molecule has 1 heterocycles. The van der Waals surface area contributed by atoms with E-state index in [0.717, 1.165) is 11.3 Å². The maximum absolute atomic E-state index is 5.62. The van der Waals surface area contributed by atoms with Gasteiger partial charge in [0.1, 0.15) is 13.7 Å². The Hall–Kier alpha value is -2.00. The molecule has 0 aliphatic rings. The van der Waals surface area contributed by atoms with Crippen LogP contribution in [-0.2, 0) is 7.05 Å². The minimum absolute atomic E-state index is 0. The van der Waals surface area contributed by atoms with Gasteiger partial charge in [0.05, 0.1) is 6.61 Å². The third-order valence-electron chi connectivity index (χ3n) is 3.12. The standard InChI is InChI=1S/C19H20NO2.HI/c1-4-14-22-18-12-10-16(15-19(18)21-5-2)9-11-17-8-6-7-13-20(17)3;/h1,6-13,15H,5,14H2,2-3H3;1H/q+1;/p-1/b11-9+;. The van der Waals surface area contributed by atoms with Crippen LogP contribution in [-0.4, -0.2) is 13.2 Å². The minimum Gasteiger partial charge on any atom is -1.00 e. The second-order valence-corrected chi connectivity index (χ2v) is 4.70. The van der Waals surface area contributed by atoms with Crippen molar-refractivity contribution in [2.45, 2.75) is 6.92 Å². The number of rotatable bonds is 6. The van der Waals surface area contributed by atoms with E-state index in [-0.39, 0.29) is 30.6 Å². The zero-order chi connectivity index (χ0) is 15.8. The first-order valence-electron chi connectivity index (χ1n) is 7.20. The molecule has 3 nitrogen and oxygen atoms in total. The highest BCUT2D eigenvalue weighted by Crippen LogP contribution is 2.29. The zero-order valence-electron chi connectivity index (χ0n) is 13.3. The largest absolute Gasteiger partial charge is 1.00 e. The van der Waals surface area contributed by atoms with Gasteiger partial charge in [-0.2, -0.15) is 0 Å². The van der Waals surface area contributed by atoms with Crippen LogP contribution in [0.4, 0.5) is 0 Å². The molecule has 1 aromatic heterocycles. The van der Waals surface area contributed by atoms with Gasteiger partial charge in [-0.1, -0.05) is 12.0 Å². The lowest BCUT2D eigenvalue weighted by Crippen LogP contribution is -3.00. The van der Waals surface area contributed by atoms with Crippen LogP contribution in [0.3, 0.4) is 0 Å². The summed E-state index contributed by atoms with van der Waals surface area (Å²) in [6.45, 7) is 2.75. The summed E-state index contributed by atoms with van der Waals surface area (Å²) in [6, 6.07) is 11.9. The van der Waals surface area contributed by atoms with Crippen molar-refractivity contribution in [1.29, 1.82) is 0 Å². The molecule has 0 saturated carbocycles. The van der Waals surface area contributed by atoms with Crippen molar-refractivity contribution in [2.24, 2.45) is 7.05 Å². The second kappa shape index (κ2) is 9.90. The van der Waals surface area contributed by atoms with Crippen molar-refractivity contribution in [3.05, 3.63) is 53.9 Å². The molecule has 23 heavy (non-hydrogen) atoms. The third kappa shape index (κ3) is 5.61. The summed E-state index contributed by atoms with van der Waals surface area (Å²) in [5, 5.41) is 0. The van der Waals surface area contributed by atoms with E-state index in [1.54, 1.807) is 0 Å². The van der Waals surface area contributed by atoms with Gasteiger partial charge in [-0.3, -0.25) is 0 Å². The van der Waals surface area contributed by atoms with Crippen molar-refractivity contribution >= 4 is 12.2 Å². The summed E-state index contributed by atoms with van der Waals surface area (Å²) in [6.07, 6.45) is 11.4. The van der Waals surface area contributed by atoms with Crippen molar-refractivity contribution in [3.8, 4) is 23.8 Å². The van der Waals surface area contributed by atoms with Crippen LogP contribution in [0.1, 0.15) is 18.2 Å². The van der Waals surface area contributed by atoms with E-state index in [4.69, 9.17) is 15.9 Å². The first-order valence-corrected chi connectivity index (χ1v) is 7.20. The number of benzene rings is 1. The molecule has 1 aromatic carbocycles. The molecule has 0 atom stereocenters. The summed E-state index contributed by atoms with van der Waals surface area (Å²) in [7, 11) is 2.02. The summed E-state index contributed by atoms with van der Waals surface area (Å²) < 4.78 is 13.2. The average molecular weight is 421 g/mol. The van der Waals surface area contributed by atoms with Crippen LogP contribution >= 0.6 is 0 Å². The second-order valence-electron chi connectivity index (χ2n) is 4.70. The van der Waals surface area contributed by atoms with Crippen LogP contribution in [0, 0.1) is 12.3 Å². The number of hydrogen-bond acceptors (Lipinski definition) is 2. The van der Waals surface area contributed by atoms with E-state index in [2.05, 4.69) is 22.6 Å². The summed E-state index contributed by atoms with van der Waals surface area (Å²) in [5.41, 5.74) is 2.16. The van der Waals surface area contributed by atoms with Gasteiger partial charge < -0.3 is 33.5 Å². The molecule has 0 spiro atoms. The van der Waals surface area contributed by atoms with E-state index in [1.165, 1.54) is 0 Å². The quantitative estimate of drug-likeness (QED) is 0.375. The van der Waals surface area contributed by atoms with Crippen molar-refractivity contribution in [1.82, 2.24) is 0 Å². The Morgan fingerprint density at radius 1 is 1.13 bits per heavy atom. The smallest absolute Gasteiger partial charge is 0.204 e. The lowest BCUT2D eigenvalue weighted by molar-refractivity contribution is -0.673. The van der Waals surface area contributed by atoms with Crippen molar-refractivity contribution < 1.29 is 38.0 Å². The van der Waals surface area contributed by atoms with Gasteiger partial charge in [0.2, 0.25) is 5.69 Å². The predicted molar refractivity (Wildman–Crippen MR) is 88.5 cm³/mol. The van der Waals surface area contributed by atoms with Gasteiger partial charge in [-0.15, -0.1) is 6.42 Å². The van der Waals surface area contributed by atoms with Crippen molar-refractivity contribution in [2.75, 3.05) is 13.2 Å². The molecular weight excluding hydrogens is 401 g/mol. The number of terminal acetylenes is 1. The van der Waals surface area contributed by atoms with Crippen LogP contribution in [0.15, 0.2) is 42.6 Å². The molecule has 4 heteroatoms. The Morgan fingerprint density at radius 2 is 1.96 bits per heavy atom. The predicted octanol–water partition coefficient (Wildman–Crippen LogP) is 0.0962. The lowest BCUT2D eigenvalue weighted by atomic mass is 10.1. The SMILES string of the molecule is C#CCOc1ccc(/C=C/c2cccc[n+]2C)cc1OCC.[I-]. The van der Waals surface area contributed by atoms with E-state index in [1.807, 2.05) is 56.6 Å². The Morgan fingerprint density at radius 3 is 2.65 bits per heavy atom.